The molecule has 0 aromatic carbocycles. The molecule has 0 radical (unpaired) electrons. The van der Waals surface area contributed by atoms with Gasteiger partial charge in [-0.25, -0.2) is 9.67 Å². The Kier molecular flexibility index (Phi) is 5.59. The fourth-order valence-corrected chi connectivity index (χ4v) is 2.67. The van der Waals surface area contributed by atoms with E-state index in [1.165, 1.54) is 24.4 Å². The number of nitrogens with zero attached hydrogens (tertiary/aromatic N) is 4. The van der Waals surface area contributed by atoms with Crippen LogP contribution in [0.25, 0.3) is 18.0 Å². The van der Waals surface area contributed by atoms with Crippen LogP contribution in [0.4, 0.5) is 26.3 Å². The molecule has 0 spiro atoms. The van der Waals surface area contributed by atoms with E-state index in [-0.39, 0.29) is 21.6 Å². The highest BCUT2D eigenvalue weighted by molar-refractivity contribution is 6.32. The Hall–Kier alpha value is -2.59. The predicted octanol–water partition coefficient (Wildman–Crippen LogP) is 6.18. The van der Waals surface area contributed by atoms with Gasteiger partial charge in [0.15, 0.2) is 5.82 Å². The van der Waals surface area contributed by atoms with Crippen LogP contribution in [0.2, 0.25) is 10.0 Å². The third-order valence-electron chi connectivity index (χ3n) is 3.58. The average molecular weight is 453 g/mol. The van der Waals surface area contributed by atoms with Gasteiger partial charge in [0.2, 0.25) is 0 Å². The summed E-state index contributed by atoms with van der Waals surface area (Å²) in [5, 5.41) is 3.62. The molecule has 0 aliphatic carbocycles. The lowest BCUT2D eigenvalue weighted by Gasteiger charge is -2.08. The summed E-state index contributed by atoms with van der Waals surface area (Å²) in [6, 6.07) is 2.97. The Bertz CT molecular complexity index is 1070. The van der Waals surface area contributed by atoms with Gasteiger partial charge in [-0.3, -0.25) is 4.98 Å². The summed E-state index contributed by atoms with van der Waals surface area (Å²) in [6.07, 6.45) is -3.71. The smallest absolute Gasteiger partial charge is 0.255 e. The molecule has 0 N–H and O–H groups in total. The van der Waals surface area contributed by atoms with Crippen LogP contribution in [0.15, 0.2) is 36.8 Å². The van der Waals surface area contributed by atoms with E-state index < -0.39 is 23.5 Å². The van der Waals surface area contributed by atoms with Crippen LogP contribution in [0.5, 0.6) is 0 Å². The summed E-state index contributed by atoms with van der Waals surface area (Å²) < 4.78 is 77.1. The highest BCUT2D eigenvalue weighted by Crippen LogP contribution is 2.32. The molecule has 29 heavy (non-hydrogen) atoms. The number of hydrogen-bond acceptors (Lipinski definition) is 3. The number of hydrogen-bond donors (Lipinski definition) is 0. The summed E-state index contributed by atoms with van der Waals surface area (Å²) in [6.45, 7) is 0. The SMILES string of the molecule is FC(F)(F)c1cnc(/C=C/c2ccn(-c3ncc(C(F)(F)F)cc3Cl)n2)c(Cl)c1. The van der Waals surface area contributed by atoms with Crippen molar-refractivity contribution < 1.29 is 26.3 Å². The van der Waals surface area contributed by atoms with Crippen LogP contribution in [0.1, 0.15) is 22.5 Å². The molecule has 0 saturated heterocycles. The number of halogens is 8. The summed E-state index contributed by atoms with van der Waals surface area (Å²) >= 11 is 11.7. The average Bonchev–Trinajstić information content (AvgIpc) is 3.07. The Morgan fingerprint density at radius 3 is 1.97 bits per heavy atom. The van der Waals surface area contributed by atoms with Crippen molar-refractivity contribution in [2.75, 3.05) is 0 Å². The molecule has 0 bridgehead atoms. The maximum Gasteiger partial charge on any atom is 0.417 e. The van der Waals surface area contributed by atoms with Gasteiger partial charge in [-0.1, -0.05) is 23.2 Å². The van der Waals surface area contributed by atoms with Gasteiger partial charge >= 0.3 is 12.4 Å². The van der Waals surface area contributed by atoms with Crippen molar-refractivity contribution >= 4 is 35.4 Å². The van der Waals surface area contributed by atoms with Gasteiger partial charge < -0.3 is 0 Å². The van der Waals surface area contributed by atoms with E-state index in [9.17, 15) is 26.3 Å². The largest absolute Gasteiger partial charge is 0.417 e. The van der Waals surface area contributed by atoms with Gasteiger partial charge in [0, 0.05) is 18.6 Å². The second kappa shape index (κ2) is 7.68. The molecule has 12 heteroatoms. The first-order chi connectivity index (χ1) is 13.4. The minimum Gasteiger partial charge on any atom is -0.255 e. The van der Waals surface area contributed by atoms with E-state index in [1.807, 2.05) is 0 Å². The second-order valence-corrected chi connectivity index (χ2v) is 6.45. The monoisotopic (exact) mass is 452 g/mol. The van der Waals surface area contributed by atoms with Crippen LogP contribution < -0.4 is 0 Å². The van der Waals surface area contributed by atoms with E-state index in [0.717, 1.165) is 16.8 Å². The second-order valence-electron chi connectivity index (χ2n) is 5.63. The normalized spacial score (nSPS) is 12.7. The van der Waals surface area contributed by atoms with Gasteiger partial charge in [-0.05, 0) is 30.4 Å². The standard InChI is InChI=1S/C17H8Cl2F6N4/c18-12-5-9(16(20,21)22)7-26-14(12)2-1-11-3-4-29(28-11)15-13(19)6-10(8-27-15)17(23,24)25/h1-8H/b2-1+. The van der Waals surface area contributed by atoms with Crippen LogP contribution in [0.3, 0.4) is 0 Å². The molecule has 0 atom stereocenters. The molecule has 3 rings (SSSR count). The van der Waals surface area contributed by atoms with E-state index in [4.69, 9.17) is 23.2 Å². The van der Waals surface area contributed by atoms with Gasteiger partial charge in [-0.2, -0.15) is 31.4 Å². The first-order valence-electron chi connectivity index (χ1n) is 7.65. The zero-order valence-electron chi connectivity index (χ0n) is 13.9. The maximum absolute atomic E-state index is 12.7. The van der Waals surface area contributed by atoms with Gasteiger partial charge in [0.1, 0.15) is 0 Å². The molecule has 152 valence electrons. The quantitative estimate of drug-likeness (QED) is 0.445. The van der Waals surface area contributed by atoms with E-state index in [2.05, 4.69) is 15.1 Å². The number of pyridine rings is 2. The molecule has 3 aromatic heterocycles. The van der Waals surface area contributed by atoms with Crippen LogP contribution in [0, 0.1) is 0 Å². The number of alkyl halides is 6. The summed E-state index contributed by atoms with van der Waals surface area (Å²) in [7, 11) is 0. The third kappa shape index (κ3) is 4.88. The van der Waals surface area contributed by atoms with Crippen LogP contribution in [-0.4, -0.2) is 19.7 Å². The van der Waals surface area contributed by atoms with Gasteiger partial charge in [0.25, 0.3) is 0 Å². The highest BCUT2D eigenvalue weighted by atomic mass is 35.5. The van der Waals surface area contributed by atoms with Crippen molar-refractivity contribution in [2.24, 2.45) is 0 Å². The zero-order chi connectivity index (χ0) is 21.4. The molecule has 0 saturated carbocycles. The maximum atomic E-state index is 12.7. The van der Waals surface area contributed by atoms with Crippen molar-refractivity contribution in [1.82, 2.24) is 19.7 Å². The third-order valence-corrected chi connectivity index (χ3v) is 4.17. The summed E-state index contributed by atoms with van der Waals surface area (Å²) in [5.74, 6) is -0.0231. The lowest BCUT2D eigenvalue weighted by Crippen LogP contribution is -2.08. The predicted molar refractivity (Wildman–Crippen MR) is 94.5 cm³/mol. The van der Waals surface area contributed by atoms with Crippen molar-refractivity contribution in [2.45, 2.75) is 12.4 Å². The highest BCUT2D eigenvalue weighted by Gasteiger charge is 2.32. The number of rotatable bonds is 3. The first-order valence-corrected chi connectivity index (χ1v) is 8.40. The lowest BCUT2D eigenvalue weighted by atomic mass is 10.2. The summed E-state index contributed by atoms with van der Waals surface area (Å²) in [4.78, 5) is 7.34. The number of aromatic nitrogens is 4. The Morgan fingerprint density at radius 1 is 0.828 bits per heavy atom. The zero-order valence-corrected chi connectivity index (χ0v) is 15.4. The molecule has 0 aliphatic heterocycles. The van der Waals surface area contributed by atoms with E-state index in [1.54, 1.807) is 0 Å². The van der Waals surface area contributed by atoms with Crippen LogP contribution >= 0.6 is 23.2 Å². The molecule has 3 heterocycles. The Morgan fingerprint density at radius 2 is 1.41 bits per heavy atom. The van der Waals surface area contributed by atoms with Crippen molar-refractivity contribution in [1.29, 1.82) is 0 Å². The van der Waals surface area contributed by atoms with Crippen molar-refractivity contribution in [3.05, 3.63) is 69.3 Å². The molecule has 0 unspecified atom stereocenters. The lowest BCUT2D eigenvalue weighted by molar-refractivity contribution is -0.138. The van der Waals surface area contributed by atoms with E-state index >= 15 is 0 Å². The molecule has 0 amide bonds. The topological polar surface area (TPSA) is 43.6 Å². The molecular weight excluding hydrogens is 445 g/mol. The molecule has 4 nitrogen and oxygen atoms in total. The Labute approximate surface area is 169 Å². The minimum absolute atomic E-state index is 0.0231. The Balaban J connectivity index is 1.82. The van der Waals surface area contributed by atoms with Crippen LogP contribution in [-0.2, 0) is 12.4 Å². The van der Waals surface area contributed by atoms with Crippen molar-refractivity contribution in [3.8, 4) is 5.82 Å². The molecule has 0 fully saturated rings. The fourth-order valence-electron chi connectivity index (χ4n) is 2.19. The summed E-state index contributed by atoms with van der Waals surface area (Å²) in [5.41, 5.74) is -1.58. The van der Waals surface area contributed by atoms with Gasteiger partial charge in [-0.15, -0.1) is 0 Å². The molecular formula is C17H8Cl2F6N4. The molecule has 3 aromatic rings. The van der Waals surface area contributed by atoms with Crippen molar-refractivity contribution in [3.63, 3.8) is 0 Å². The van der Waals surface area contributed by atoms with Gasteiger partial charge in [0.05, 0.1) is 32.6 Å². The first kappa shape index (κ1) is 21.1. The molecule has 0 aliphatic rings. The fraction of sp³-hybridized carbons (Fsp3) is 0.118. The minimum atomic E-state index is -4.58. The van der Waals surface area contributed by atoms with E-state index in [0.29, 0.717) is 18.1 Å².